The molecule has 4 aromatic heterocycles. The van der Waals surface area contributed by atoms with Gasteiger partial charge in [0, 0.05) is 40.5 Å². The van der Waals surface area contributed by atoms with Gasteiger partial charge in [-0.15, -0.1) is 0 Å². The maximum atomic E-state index is 16.1. The van der Waals surface area contributed by atoms with Crippen molar-refractivity contribution in [1.29, 1.82) is 0 Å². The number of aryl methyl sites for hydroxylation is 1. The van der Waals surface area contributed by atoms with Crippen LogP contribution in [0.2, 0.25) is 0 Å². The number of rotatable bonds is 9. The first-order chi connectivity index (χ1) is 19.2. The Labute approximate surface area is 230 Å². The van der Waals surface area contributed by atoms with E-state index in [2.05, 4.69) is 57.5 Å². The lowest BCUT2D eigenvalue weighted by atomic mass is 10.0. The summed E-state index contributed by atoms with van der Waals surface area (Å²) in [6.07, 6.45) is 8.88. The maximum absolute atomic E-state index is 16.1. The number of aromatic nitrogens is 6. The van der Waals surface area contributed by atoms with E-state index in [1.54, 1.807) is 36.7 Å². The molecule has 0 saturated carbocycles. The standard InChI is InChI=1S/C31H29F2N7/c1-6-8-24(20-9-7-10-22(32)12-20)28-19(5)37-31(38-28)29-26-27(33)25(16-35-30(26)40-39-29)21-13-23(15-34-14-21)36-18(4)11-17(2)3/h6-10,12-17,36H,1,4,11H2,2-3,5H3,(H,37,38)(H,35,39,40)/b24-8-. The van der Waals surface area contributed by atoms with Crippen LogP contribution < -0.4 is 5.32 Å². The number of pyridine rings is 2. The summed E-state index contributed by atoms with van der Waals surface area (Å²) in [5.41, 5.74) is 5.56. The Morgan fingerprint density at radius 2 is 1.98 bits per heavy atom. The molecule has 0 aliphatic carbocycles. The molecule has 0 amide bonds. The van der Waals surface area contributed by atoms with Crippen molar-refractivity contribution in [2.24, 2.45) is 5.92 Å². The number of H-pyrrole nitrogens is 2. The second-order valence-corrected chi connectivity index (χ2v) is 9.96. The summed E-state index contributed by atoms with van der Waals surface area (Å²) < 4.78 is 30.1. The number of allylic oxidation sites excluding steroid dienone is 3. The first-order valence-electron chi connectivity index (χ1n) is 12.8. The van der Waals surface area contributed by atoms with Crippen molar-refractivity contribution in [2.45, 2.75) is 27.2 Å². The normalized spacial score (nSPS) is 11.8. The monoisotopic (exact) mass is 537 g/mol. The highest BCUT2D eigenvalue weighted by atomic mass is 19.1. The van der Waals surface area contributed by atoms with E-state index in [0.717, 1.165) is 12.1 Å². The zero-order chi connectivity index (χ0) is 28.4. The molecule has 0 saturated heterocycles. The molecule has 40 heavy (non-hydrogen) atoms. The van der Waals surface area contributed by atoms with E-state index in [1.807, 2.05) is 13.0 Å². The molecule has 0 radical (unpaired) electrons. The Bertz CT molecular complexity index is 1760. The van der Waals surface area contributed by atoms with Crippen molar-refractivity contribution in [3.8, 4) is 22.6 Å². The van der Waals surface area contributed by atoms with E-state index in [-0.39, 0.29) is 22.4 Å². The van der Waals surface area contributed by atoms with Crippen molar-refractivity contribution in [1.82, 2.24) is 30.1 Å². The quantitative estimate of drug-likeness (QED) is 0.168. The fourth-order valence-corrected chi connectivity index (χ4v) is 4.65. The van der Waals surface area contributed by atoms with Crippen LogP contribution in [0.3, 0.4) is 0 Å². The number of nitrogens with one attached hydrogen (secondary N) is 3. The molecule has 0 spiro atoms. The molecular formula is C31H29F2N7. The van der Waals surface area contributed by atoms with Crippen LogP contribution in [0.1, 0.15) is 37.2 Å². The summed E-state index contributed by atoms with van der Waals surface area (Å²) in [6, 6.07) is 8.05. The third-order valence-electron chi connectivity index (χ3n) is 6.34. The summed E-state index contributed by atoms with van der Waals surface area (Å²) in [6.45, 7) is 13.9. The van der Waals surface area contributed by atoms with Crippen LogP contribution in [0.25, 0.3) is 39.3 Å². The molecule has 0 unspecified atom stereocenters. The lowest BCUT2D eigenvalue weighted by molar-refractivity contribution is 0.627. The minimum absolute atomic E-state index is 0.195. The van der Waals surface area contributed by atoms with Gasteiger partial charge in [0.05, 0.1) is 23.0 Å². The van der Waals surface area contributed by atoms with Gasteiger partial charge in [-0.05, 0) is 43.0 Å². The van der Waals surface area contributed by atoms with Gasteiger partial charge >= 0.3 is 0 Å². The molecule has 0 bridgehead atoms. The molecule has 0 aliphatic heterocycles. The molecule has 4 heterocycles. The summed E-state index contributed by atoms with van der Waals surface area (Å²) in [5.74, 6) is -0.0456. The van der Waals surface area contributed by atoms with Crippen LogP contribution in [0.4, 0.5) is 14.5 Å². The molecule has 0 atom stereocenters. The molecule has 0 aliphatic rings. The van der Waals surface area contributed by atoms with E-state index < -0.39 is 5.82 Å². The van der Waals surface area contributed by atoms with Crippen LogP contribution >= 0.6 is 0 Å². The van der Waals surface area contributed by atoms with Crippen LogP contribution in [0.15, 0.2) is 79.9 Å². The van der Waals surface area contributed by atoms with Gasteiger partial charge in [-0.1, -0.05) is 51.3 Å². The van der Waals surface area contributed by atoms with E-state index in [1.165, 1.54) is 18.3 Å². The second-order valence-electron chi connectivity index (χ2n) is 9.96. The van der Waals surface area contributed by atoms with Crippen molar-refractivity contribution in [2.75, 3.05) is 5.32 Å². The van der Waals surface area contributed by atoms with Crippen LogP contribution in [0.5, 0.6) is 0 Å². The Morgan fingerprint density at radius 1 is 1.15 bits per heavy atom. The second kappa shape index (κ2) is 11.1. The molecule has 5 aromatic rings. The fraction of sp³-hybridized carbons (Fsp3) is 0.161. The number of hydrogen-bond acceptors (Lipinski definition) is 5. The first kappa shape index (κ1) is 26.7. The maximum Gasteiger partial charge on any atom is 0.184 e. The van der Waals surface area contributed by atoms with Crippen LogP contribution in [-0.4, -0.2) is 30.1 Å². The SMILES string of the molecule is C=C/C=C(/c1cccc(F)c1)c1nc(-c2[nH]nc3ncc(-c4cncc(NC(=C)CC(C)C)c4)c(F)c23)[nH]c1C. The average Bonchev–Trinajstić information content (AvgIpc) is 3.51. The number of halogens is 2. The number of anilines is 1. The molecule has 3 N–H and O–H groups in total. The number of nitrogens with zero attached hydrogens (tertiary/aromatic N) is 4. The predicted molar refractivity (Wildman–Crippen MR) is 155 cm³/mol. The molecule has 5 rings (SSSR count). The van der Waals surface area contributed by atoms with Gasteiger partial charge in [0.25, 0.3) is 0 Å². The number of benzene rings is 1. The topological polar surface area (TPSA) is 95.2 Å². The lowest BCUT2D eigenvalue weighted by Gasteiger charge is -2.12. The Kier molecular flexibility index (Phi) is 7.37. The highest BCUT2D eigenvalue weighted by Gasteiger charge is 2.22. The van der Waals surface area contributed by atoms with E-state index >= 15 is 4.39 Å². The van der Waals surface area contributed by atoms with Gasteiger partial charge in [0.15, 0.2) is 11.5 Å². The van der Waals surface area contributed by atoms with Crippen molar-refractivity contribution in [3.05, 3.63) is 109 Å². The number of aromatic amines is 2. The fourth-order valence-electron chi connectivity index (χ4n) is 4.65. The summed E-state index contributed by atoms with van der Waals surface area (Å²) in [5, 5.41) is 10.5. The number of imidazole rings is 1. The van der Waals surface area contributed by atoms with Gasteiger partial charge in [0.1, 0.15) is 17.3 Å². The number of hydrogen-bond donors (Lipinski definition) is 3. The molecule has 202 valence electrons. The van der Waals surface area contributed by atoms with E-state index in [0.29, 0.717) is 51.2 Å². The minimum Gasteiger partial charge on any atom is -0.358 e. The Balaban J connectivity index is 1.55. The zero-order valence-electron chi connectivity index (χ0n) is 22.5. The number of fused-ring (bicyclic) bond motifs is 1. The Morgan fingerprint density at radius 3 is 2.73 bits per heavy atom. The van der Waals surface area contributed by atoms with Gasteiger partial charge in [-0.25, -0.2) is 18.7 Å². The van der Waals surface area contributed by atoms with Crippen molar-refractivity contribution in [3.63, 3.8) is 0 Å². The lowest BCUT2D eigenvalue weighted by Crippen LogP contribution is -2.02. The average molecular weight is 538 g/mol. The van der Waals surface area contributed by atoms with Gasteiger partial charge in [-0.3, -0.25) is 10.1 Å². The summed E-state index contributed by atoms with van der Waals surface area (Å²) in [7, 11) is 0. The third-order valence-corrected chi connectivity index (χ3v) is 6.34. The molecular weight excluding hydrogens is 508 g/mol. The first-order valence-corrected chi connectivity index (χ1v) is 12.8. The van der Waals surface area contributed by atoms with Crippen LogP contribution in [0, 0.1) is 24.5 Å². The smallest absolute Gasteiger partial charge is 0.184 e. The third kappa shape index (κ3) is 5.31. The largest absolute Gasteiger partial charge is 0.358 e. The molecule has 0 fully saturated rings. The highest BCUT2D eigenvalue weighted by molar-refractivity contribution is 5.93. The van der Waals surface area contributed by atoms with Crippen molar-refractivity contribution >= 4 is 22.3 Å². The summed E-state index contributed by atoms with van der Waals surface area (Å²) in [4.78, 5) is 16.6. The minimum atomic E-state index is -0.503. The van der Waals surface area contributed by atoms with E-state index in [4.69, 9.17) is 4.98 Å². The zero-order valence-corrected chi connectivity index (χ0v) is 22.5. The molecule has 7 nitrogen and oxygen atoms in total. The highest BCUT2D eigenvalue weighted by Crippen LogP contribution is 2.34. The summed E-state index contributed by atoms with van der Waals surface area (Å²) >= 11 is 0. The van der Waals surface area contributed by atoms with Gasteiger partial charge in [-0.2, -0.15) is 5.10 Å². The van der Waals surface area contributed by atoms with Crippen molar-refractivity contribution < 1.29 is 8.78 Å². The van der Waals surface area contributed by atoms with Crippen LogP contribution in [-0.2, 0) is 0 Å². The van der Waals surface area contributed by atoms with Gasteiger partial charge in [0.2, 0.25) is 0 Å². The molecule has 1 aromatic carbocycles. The van der Waals surface area contributed by atoms with E-state index in [9.17, 15) is 4.39 Å². The molecule has 9 heteroatoms. The van der Waals surface area contributed by atoms with Gasteiger partial charge < -0.3 is 10.3 Å². The predicted octanol–water partition coefficient (Wildman–Crippen LogP) is 7.59. The Hall–Kier alpha value is -4.92.